The molecular weight excluding hydrogens is 456 g/mol. The molecule has 194 valence electrons. The second-order valence-electron chi connectivity index (χ2n) is 10.7. The highest BCUT2D eigenvalue weighted by Crippen LogP contribution is 2.27. The number of aromatic nitrogens is 2. The lowest BCUT2D eigenvalue weighted by molar-refractivity contribution is -0.132. The highest BCUT2D eigenvalue weighted by atomic mass is 16.2. The van der Waals surface area contributed by atoms with Crippen LogP contribution in [0.3, 0.4) is 0 Å². The molecule has 1 atom stereocenters. The summed E-state index contributed by atoms with van der Waals surface area (Å²) in [6.07, 6.45) is 0.863. The maximum Gasteiger partial charge on any atom is 0.274 e. The molecule has 1 saturated heterocycles. The van der Waals surface area contributed by atoms with Crippen molar-refractivity contribution in [2.75, 3.05) is 44.7 Å². The predicted molar refractivity (Wildman–Crippen MR) is 139 cm³/mol. The molecule has 0 aliphatic carbocycles. The van der Waals surface area contributed by atoms with Gasteiger partial charge < -0.3 is 20.0 Å². The first-order valence-electron chi connectivity index (χ1n) is 12.8. The summed E-state index contributed by atoms with van der Waals surface area (Å²) < 4.78 is 1.52. The third-order valence-electron chi connectivity index (χ3n) is 7.49. The number of nitrogens with zero attached hydrogens (tertiary/aromatic N) is 5. The van der Waals surface area contributed by atoms with Crippen LogP contribution in [0.5, 0.6) is 0 Å². The average molecular weight is 495 g/mol. The smallest absolute Gasteiger partial charge is 0.274 e. The zero-order valence-electron chi connectivity index (χ0n) is 22.3. The van der Waals surface area contributed by atoms with Gasteiger partial charge in [-0.05, 0) is 50.3 Å². The van der Waals surface area contributed by atoms with Gasteiger partial charge in [-0.15, -0.1) is 0 Å². The minimum absolute atomic E-state index is 0.184. The largest absolute Gasteiger partial charge is 0.368 e. The van der Waals surface area contributed by atoms with Crippen LogP contribution in [-0.2, 0) is 11.3 Å². The number of nitrogens with one attached hydrogen (secondary N) is 1. The first kappa shape index (κ1) is 25.7. The van der Waals surface area contributed by atoms with Crippen LogP contribution < -0.4 is 10.2 Å². The van der Waals surface area contributed by atoms with Crippen molar-refractivity contribution in [1.29, 1.82) is 0 Å². The second-order valence-corrected chi connectivity index (χ2v) is 10.7. The van der Waals surface area contributed by atoms with Gasteiger partial charge in [-0.1, -0.05) is 26.0 Å². The van der Waals surface area contributed by atoms with Gasteiger partial charge in [0.05, 0.1) is 6.54 Å². The standard InChI is InChI=1S/C27H38N6O3/c1-18(2)9-10-28-26(36)27(5)17-33-23(25(35)30(27)6)16-21(29-33)24(34)32-13-11-31(12-14-32)22-15-19(3)7-8-20(22)4/h7-8,15-16,18H,9-14,17H2,1-6H3,(H,28,36)/t27-/m0/s1. The molecule has 1 fully saturated rings. The Kier molecular flexibility index (Phi) is 7.11. The monoisotopic (exact) mass is 494 g/mol. The molecular formula is C27H38N6O3. The molecule has 0 unspecified atom stereocenters. The maximum atomic E-state index is 13.3. The van der Waals surface area contributed by atoms with Crippen molar-refractivity contribution in [1.82, 2.24) is 24.9 Å². The minimum Gasteiger partial charge on any atom is -0.368 e. The van der Waals surface area contributed by atoms with Crippen molar-refractivity contribution in [3.8, 4) is 0 Å². The summed E-state index contributed by atoms with van der Waals surface area (Å²) >= 11 is 0. The molecule has 3 amide bonds. The lowest BCUT2D eigenvalue weighted by Crippen LogP contribution is -2.62. The second kappa shape index (κ2) is 9.95. The number of hydrogen-bond acceptors (Lipinski definition) is 5. The first-order chi connectivity index (χ1) is 17.0. The summed E-state index contributed by atoms with van der Waals surface area (Å²) in [5.41, 5.74) is 3.15. The molecule has 4 rings (SSSR count). The minimum atomic E-state index is -1.08. The topological polar surface area (TPSA) is 90.8 Å². The SMILES string of the molecule is Cc1ccc(C)c(N2CCN(C(=O)c3cc4n(n3)C[C@@](C)(C(=O)NCCC(C)C)N(C)C4=O)CC2)c1. The Morgan fingerprint density at radius 2 is 1.81 bits per heavy atom. The number of piperazine rings is 1. The van der Waals surface area contributed by atoms with Crippen molar-refractivity contribution in [3.63, 3.8) is 0 Å². The Balaban J connectivity index is 1.45. The third kappa shape index (κ3) is 4.83. The molecule has 0 bridgehead atoms. The Labute approximate surface area is 213 Å². The van der Waals surface area contributed by atoms with E-state index in [9.17, 15) is 14.4 Å². The fourth-order valence-corrected chi connectivity index (χ4v) is 4.87. The van der Waals surface area contributed by atoms with E-state index >= 15 is 0 Å². The highest BCUT2D eigenvalue weighted by Gasteiger charge is 2.46. The Bertz CT molecular complexity index is 1160. The lowest BCUT2D eigenvalue weighted by Gasteiger charge is -2.40. The summed E-state index contributed by atoms with van der Waals surface area (Å²) in [6.45, 7) is 13.5. The average Bonchev–Trinajstić information content (AvgIpc) is 3.27. The number of carbonyl (C=O) groups excluding carboxylic acids is 3. The summed E-state index contributed by atoms with van der Waals surface area (Å²) in [6, 6.07) is 7.99. The van der Waals surface area contributed by atoms with Crippen LogP contribution in [0.25, 0.3) is 0 Å². The molecule has 9 nitrogen and oxygen atoms in total. The summed E-state index contributed by atoms with van der Waals surface area (Å²) in [7, 11) is 1.63. The quantitative estimate of drug-likeness (QED) is 0.666. The summed E-state index contributed by atoms with van der Waals surface area (Å²) in [4.78, 5) is 45.0. The van der Waals surface area contributed by atoms with Gasteiger partial charge in [-0.25, -0.2) is 0 Å². The number of benzene rings is 1. The fourth-order valence-electron chi connectivity index (χ4n) is 4.87. The van der Waals surface area contributed by atoms with Crippen LogP contribution in [-0.4, -0.2) is 82.6 Å². The normalized spacial score (nSPS) is 20.1. The van der Waals surface area contributed by atoms with E-state index in [0.717, 1.165) is 19.5 Å². The van der Waals surface area contributed by atoms with Gasteiger partial charge in [-0.2, -0.15) is 5.10 Å². The Hall–Kier alpha value is -3.36. The van der Waals surface area contributed by atoms with Gasteiger partial charge in [-0.3, -0.25) is 19.1 Å². The Morgan fingerprint density at radius 3 is 2.47 bits per heavy atom. The number of likely N-dealkylation sites (N-methyl/N-ethyl adjacent to an activating group) is 1. The number of carbonyl (C=O) groups is 3. The van der Waals surface area contributed by atoms with Gasteiger partial charge in [0.2, 0.25) is 5.91 Å². The van der Waals surface area contributed by atoms with E-state index in [4.69, 9.17) is 0 Å². The van der Waals surface area contributed by atoms with Crippen molar-refractivity contribution in [2.45, 2.75) is 53.1 Å². The molecule has 3 heterocycles. The molecule has 2 aromatic rings. The van der Waals surface area contributed by atoms with E-state index in [1.54, 1.807) is 24.9 Å². The molecule has 0 spiro atoms. The molecule has 9 heteroatoms. The zero-order chi connectivity index (χ0) is 26.2. The highest BCUT2D eigenvalue weighted by molar-refractivity contribution is 6.01. The van der Waals surface area contributed by atoms with Crippen molar-refractivity contribution in [3.05, 3.63) is 46.8 Å². The molecule has 2 aliphatic heterocycles. The van der Waals surface area contributed by atoms with Crippen molar-refractivity contribution >= 4 is 23.4 Å². The number of aryl methyl sites for hydroxylation is 2. The third-order valence-corrected chi connectivity index (χ3v) is 7.49. The van der Waals surface area contributed by atoms with Gasteiger partial charge in [0, 0.05) is 51.5 Å². The van der Waals surface area contributed by atoms with Crippen LogP contribution in [0, 0.1) is 19.8 Å². The molecule has 0 radical (unpaired) electrons. The zero-order valence-corrected chi connectivity index (χ0v) is 22.3. The molecule has 0 saturated carbocycles. The van der Waals surface area contributed by atoms with Crippen LogP contribution in [0.4, 0.5) is 5.69 Å². The first-order valence-corrected chi connectivity index (χ1v) is 12.8. The van der Waals surface area contributed by atoms with E-state index in [1.165, 1.54) is 26.4 Å². The molecule has 36 heavy (non-hydrogen) atoms. The van der Waals surface area contributed by atoms with Crippen molar-refractivity contribution < 1.29 is 14.4 Å². The van der Waals surface area contributed by atoms with E-state index < -0.39 is 5.54 Å². The van der Waals surface area contributed by atoms with Crippen LogP contribution >= 0.6 is 0 Å². The summed E-state index contributed by atoms with van der Waals surface area (Å²) in [5.74, 6) is -0.237. The van der Waals surface area contributed by atoms with E-state index in [2.05, 4.69) is 61.2 Å². The van der Waals surface area contributed by atoms with Crippen molar-refractivity contribution in [2.24, 2.45) is 5.92 Å². The maximum absolute atomic E-state index is 13.3. The van der Waals surface area contributed by atoms with E-state index in [-0.39, 0.29) is 30.0 Å². The number of amides is 3. The van der Waals surface area contributed by atoms with Crippen LogP contribution in [0.2, 0.25) is 0 Å². The number of rotatable bonds is 6. The summed E-state index contributed by atoms with van der Waals surface area (Å²) in [5, 5.41) is 7.44. The molecule has 2 aliphatic rings. The Morgan fingerprint density at radius 1 is 1.11 bits per heavy atom. The predicted octanol–water partition coefficient (Wildman–Crippen LogP) is 2.47. The van der Waals surface area contributed by atoms with E-state index in [1.807, 2.05) is 0 Å². The number of hydrogen-bond donors (Lipinski definition) is 1. The molecule has 1 aromatic heterocycles. The van der Waals surface area contributed by atoms with Crippen LogP contribution in [0.1, 0.15) is 59.3 Å². The van der Waals surface area contributed by atoms with Crippen LogP contribution in [0.15, 0.2) is 24.3 Å². The lowest BCUT2D eigenvalue weighted by atomic mass is 9.95. The number of fused-ring (bicyclic) bond motifs is 1. The van der Waals surface area contributed by atoms with Gasteiger partial charge in [0.25, 0.3) is 11.8 Å². The molecule has 1 aromatic carbocycles. The fraction of sp³-hybridized carbons (Fsp3) is 0.556. The number of anilines is 1. The van der Waals surface area contributed by atoms with E-state index in [0.29, 0.717) is 31.2 Å². The van der Waals surface area contributed by atoms with Gasteiger partial charge in [0.1, 0.15) is 11.2 Å². The van der Waals surface area contributed by atoms with Gasteiger partial charge >= 0.3 is 0 Å². The molecule has 1 N–H and O–H groups in total. The van der Waals surface area contributed by atoms with Gasteiger partial charge in [0.15, 0.2) is 5.69 Å².